The van der Waals surface area contributed by atoms with Gasteiger partial charge in [-0.1, -0.05) is 0 Å². The highest BCUT2D eigenvalue weighted by Crippen LogP contribution is 2.43. The van der Waals surface area contributed by atoms with Gasteiger partial charge >= 0.3 is 22.2 Å². The summed E-state index contributed by atoms with van der Waals surface area (Å²) in [5.41, 5.74) is 0. The fraction of sp³-hybridized carbons (Fsp3) is 0.500. The van der Waals surface area contributed by atoms with E-state index >= 15 is 0 Å². The Balaban J connectivity index is 2.61. The van der Waals surface area contributed by atoms with E-state index in [1.807, 2.05) is 0 Å². The van der Waals surface area contributed by atoms with E-state index < -0.39 is 11.2 Å². The van der Waals surface area contributed by atoms with Gasteiger partial charge in [0.2, 0.25) is 0 Å². The normalized spacial score (nSPS) is 20.1. The van der Waals surface area contributed by atoms with Crippen LogP contribution < -0.4 is 4.40 Å². The van der Waals surface area contributed by atoms with Gasteiger partial charge < -0.3 is 0 Å². The van der Waals surface area contributed by atoms with Gasteiger partial charge in [0.15, 0.2) is 0 Å². The van der Waals surface area contributed by atoms with Crippen molar-refractivity contribution in [1.82, 2.24) is 4.40 Å². The molecule has 0 saturated carbocycles. The van der Waals surface area contributed by atoms with E-state index in [4.69, 9.17) is 0 Å². The molecular formula is C2F3NS3+. The molecule has 0 amide bonds. The summed E-state index contributed by atoms with van der Waals surface area (Å²) in [6.45, 7) is 0. The summed E-state index contributed by atoms with van der Waals surface area (Å²) in [6.07, 6.45) is -4.25. The Hall–Kier alpha value is 0.510. The Kier molecular flexibility index (Phi) is 2.23. The highest BCUT2D eigenvalue weighted by Gasteiger charge is 2.49. The van der Waals surface area contributed by atoms with Crippen molar-refractivity contribution in [2.75, 3.05) is 0 Å². The Morgan fingerprint density at radius 2 is 2.00 bits per heavy atom. The molecule has 9 heavy (non-hydrogen) atoms. The molecule has 0 spiro atoms. The molecule has 1 radical (unpaired) electrons. The Bertz CT molecular complexity index is 140. The first kappa shape index (κ1) is 7.62. The number of hydrogen-bond donors (Lipinski definition) is 0. The summed E-state index contributed by atoms with van der Waals surface area (Å²) in [5.74, 6) is 0. The monoisotopic (exact) mass is 191 g/mol. The van der Waals surface area contributed by atoms with Crippen LogP contribution in [0.1, 0.15) is 0 Å². The average molecular weight is 191 g/mol. The molecular weight excluding hydrogens is 191 g/mol. The van der Waals surface area contributed by atoms with Crippen LogP contribution in [-0.4, -0.2) is 11.2 Å². The zero-order chi connectivity index (χ0) is 6.91. The van der Waals surface area contributed by atoms with Crippen LogP contribution in [0.4, 0.5) is 13.2 Å². The molecule has 0 atom stereocenters. The van der Waals surface area contributed by atoms with Gasteiger partial charge in [0.1, 0.15) is 4.40 Å². The second-order valence-electron chi connectivity index (χ2n) is 1.12. The van der Waals surface area contributed by atoms with E-state index in [0.29, 0.717) is 10.8 Å². The highest BCUT2D eigenvalue weighted by molar-refractivity contribution is 9.13. The van der Waals surface area contributed by atoms with Crippen molar-refractivity contribution < 1.29 is 13.2 Å². The minimum Gasteiger partial charge on any atom is -0.160 e. The summed E-state index contributed by atoms with van der Waals surface area (Å²) >= 11 is 0. The van der Waals surface area contributed by atoms with Crippen LogP contribution in [0.5, 0.6) is 0 Å². The van der Waals surface area contributed by atoms with Gasteiger partial charge in [-0.15, -0.1) is 0 Å². The summed E-state index contributed by atoms with van der Waals surface area (Å²) in [7, 11) is 2.53. The highest BCUT2D eigenvalue weighted by atomic mass is 33.5. The summed E-state index contributed by atoms with van der Waals surface area (Å²) in [4.78, 5) is 0. The first-order valence-corrected chi connectivity index (χ1v) is 5.20. The Morgan fingerprint density at radius 1 is 1.33 bits per heavy atom. The van der Waals surface area contributed by atoms with Crippen LogP contribution in [0.25, 0.3) is 0 Å². The van der Waals surface area contributed by atoms with Gasteiger partial charge in [-0.2, -0.15) is 13.2 Å². The van der Waals surface area contributed by atoms with Crippen LogP contribution in [0, 0.1) is 0 Å². The third kappa shape index (κ3) is 1.98. The van der Waals surface area contributed by atoms with Crippen LogP contribution >= 0.6 is 31.6 Å². The number of rotatable bonds is 0. The topological polar surface area (TPSA) is 14.1 Å². The van der Waals surface area contributed by atoms with Gasteiger partial charge in [0.05, 0.1) is 9.83 Å². The fourth-order valence-corrected chi connectivity index (χ4v) is 3.26. The Morgan fingerprint density at radius 3 is 2.22 bits per heavy atom. The van der Waals surface area contributed by atoms with Crippen molar-refractivity contribution in [3.05, 3.63) is 0 Å². The van der Waals surface area contributed by atoms with E-state index in [-0.39, 0.29) is 0 Å². The van der Waals surface area contributed by atoms with Gasteiger partial charge in [0, 0.05) is 10.8 Å². The van der Waals surface area contributed by atoms with E-state index in [1.165, 1.54) is 0 Å². The van der Waals surface area contributed by atoms with Crippen LogP contribution in [0.15, 0.2) is 0 Å². The molecule has 1 aliphatic heterocycles. The van der Waals surface area contributed by atoms with Crippen molar-refractivity contribution >= 4 is 36.6 Å². The van der Waals surface area contributed by atoms with Crippen molar-refractivity contribution in [3.63, 3.8) is 0 Å². The third-order valence-electron chi connectivity index (χ3n) is 0.506. The van der Waals surface area contributed by atoms with Gasteiger partial charge in [-0.05, 0) is 0 Å². The molecule has 0 saturated heterocycles. The molecule has 0 unspecified atom stereocenters. The number of hydrogen-bond acceptors (Lipinski definition) is 4. The zero-order valence-corrected chi connectivity index (χ0v) is 6.26. The molecule has 0 aromatic carbocycles. The first-order valence-electron chi connectivity index (χ1n) is 1.76. The van der Waals surface area contributed by atoms with Crippen LogP contribution in [0.2, 0.25) is 0 Å². The lowest BCUT2D eigenvalue weighted by atomic mass is 10.7. The lowest BCUT2D eigenvalue weighted by Gasteiger charge is -1.92. The molecule has 7 heteroatoms. The molecule has 1 heterocycles. The van der Waals surface area contributed by atoms with E-state index in [0.717, 1.165) is 20.8 Å². The van der Waals surface area contributed by atoms with Crippen molar-refractivity contribution in [2.45, 2.75) is 6.18 Å². The number of nitrogens with zero attached hydrogens (tertiary/aromatic N) is 1. The summed E-state index contributed by atoms with van der Waals surface area (Å²) in [5, 5.41) is -0.752. The standard InChI is InChI=1S/C2F3NS3/c3-2(4,5)1-6-8-9-7-1/q+1. The lowest BCUT2D eigenvalue weighted by molar-refractivity contribution is -0.0555. The molecule has 0 aromatic heterocycles. The van der Waals surface area contributed by atoms with Crippen molar-refractivity contribution in [2.24, 2.45) is 0 Å². The van der Waals surface area contributed by atoms with Crippen molar-refractivity contribution in [3.8, 4) is 0 Å². The minimum atomic E-state index is -4.25. The predicted octanol–water partition coefficient (Wildman–Crippen LogP) is 2.24. The van der Waals surface area contributed by atoms with E-state index in [1.54, 1.807) is 0 Å². The predicted molar refractivity (Wildman–Crippen MR) is 36.0 cm³/mol. The average Bonchev–Trinajstić information content (AvgIpc) is 2.08. The molecule has 0 fully saturated rings. The summed E-state index contributed by atoms with van der Waals surface area (Å²) in [6, 6.07) is 0. The maximum atomic E-state index is 11.6. The number of alkyl halides is 3. The Labute approximate surface area is 60.8 Å². The molecule has 1 nitrogen and oxygen atoms in total. The quantitative estimate of drug-likeness (QED) is 0.431. The number of halogens is 3. The molecule has 0 aliphatic carbocycles. The fourth-order valence-electron chi connectivity index (χ4n) is 0.211. The zero-order valence-electron chi connectivity index (χ0n) is 3.81. The van der Waals surface area contributed by atoms with Gasteiger partial charge in [-0.3, -0.25) is 0 Å². The minimum absolute atomic E-state index is 0.654. The largest absolute Gasteiger partial charge is 0.493 e. The molecule has 1 rings (SSSR count). The van der Waals surface area contributed by atoms with Gasteiger partial charge in [0.25, 0.3) is 0 Å². The van der Waals surface area contributed by atoms with E-state index in [2.05, 4.69) is 4.40 Å². The molecule has 0 aromatic rings. The van der Waals surface area contributed by atoms with Gasteiger partial charge in [-0.25, -0.2) is 0 Å². The SMILES string of the molecule is FC(F)(F)C1=[N+]SSS1. The lowest BCUT2D eigenvalue weighted by Crippen LogP contribution is -2.19. The second-order valence-corrected chi connectivity index (χ2v) is 4.72. The maximum Gasteiger partial charge on any atom is 0.493 e. The van der Waals surface area contributed by atoms with Crippen LogP contribution in [0.3, 0.4) is 0 Å². The van der Waals surface area contributed by atoms with E-state index in [9.17, 15) is 13.2 Å². The molecule has 0 N–H and O–H groups in total. The second kappa shape index (κ2) is 2.63. The smallest absolute Gasteiger partial charge is 0.160 e. The molecule has 51 valence electrons. The first-order chi connectivity index (χ1) is 4.11. The molecule has 1 aliphatic rings. The maximum absolute atomic E-state index is 11.6. The van der Waals surface area contributed by atoms with Crippen molar-refractivity contribution in [1.29, 1.82) is 0 Å². The molecule has 0 bridgehead atoms. The summed E-state index contributed by atoms with van der Waals surface area (Å²) < 4.78 is 37.9. The third-order valence-corrected chi connectivity index (χ3v) is 3.73. The van der Waals surface area contributed by atoms with Crippen LogP contribution in [-0.2, 0) is 0 Å².